The molecule has 0 atom stereocenters. The molecule has 2 rings (SSSR count). The number of aromatic hydroxyl groups is 1. The summed E-state index contributed by atoms with van der Waals surface area (Å²) in [5, 5.41) is 9.87. The average molecular weight is 278 g/mol. The lowest BCUT2D eigenvalue weighted by Gasteiger charge is -2.11. The number of primary amides is 1. The van der Waals surface area contributed by atoms with E-state index >= 15 is 0 Å². The maximum Gasteiger partial charge on any atom is 0.248 e. The van der Waals surface area contributed by atoms with Crippen LogP contribution in [0.5, 0.6) is 17.2 Å². The molecule has 0 fully saturated rings. The van der Waals surface area contributed by atoms with E-state index in [1.54, 1.807) is 31.2 Å². The molecule has 0 saturated carbocycles. The Kier molecular flexibility index (Phi) is 3.62. The van der Waals surface area contributed by atoms with E-state index in [1.165, 1.54) is 12.1 Å². The Bertz CT molecular complexity index is 641. The summed E-state index contributed by atoms with van der Waals surface area (Å²) in [6.07, 6.45) is 0. The second kappa shape index (κ2) is 5.20. The van der Waals surface area contributed by atoms with Crippen molar-refractivity contribution in [3.8, 4) is 17.2 Å². The Morgan fingerprint density at radius 3 is 2.63 bits per heavy atom. The largest absolute Gasteiger partial charge is 0.508 e. The number of carbonyl (C=O) groups excluding carboxylic acids is 1. The number of hydrogen-bond acceptors (Lipinski definition) is 3. The van der Waals surface area contributed by atoms with Crippen LogP contribution in [0, 0.1) is 6.92 Å². The first-order valence-corrected chi connectivity index (χ1v) is 5.92. The monoisotopic (exact) mass is 277 g/mol. The number of ether oxygens (including phenoxy) is 1. The Morgan fingerprint density at radius 1 is 1.26 bits per heavy atom. The van der Waals surface area contributed by atoms with Gasteiger partial charge in [-0.05, 0) is 37.3 Å². The van der Waals surface area contributed by atoms with E-state index in [4.69, 9.17) is 22.1 Å². The van der Waals surface area contributed by atoms with Gasteiger partial charge in [0.2, 0.25) is 5.91 Å². The quantitative estimate of drug-likeness (QED) is 0.904. The van der Waals surface area contributed by atoms with Gasteiger partial charge in [0.05, 0.1) is 5.02 Å². The Hall–Kier alpha value is -2.20. The lowest BCUT2D eigenvalue weighted by Crippen LogP contribution is -2.10. The van der Waals surface area contributed by atoms with Gasteiger partial charge in [0, 0.05) is 11.1 Å². The van der Waals surface area contributed by atoms with Gasteiger partial charge in [0.15, 0.2) is 0 Å². The van der Waals surface area contributed by atoms with Crippen molar-refractivity contribution in [2.24, 2.45) is 5.73 Å². The van der Waals surface area contributed by atoms with Gasteiger partial charge >= 0.3 is 0 Å². The number of phenols is 1. The molecule has 3 N–H and O–H groups in total. The minimum atomic E-state index is -0.554. The summed E-state index contributed by atoms with van der Waals surface area (Å²) in [4.78, 5) is 11.0. The van der Waals surface area contributed by atoms with Crippen LogP contribution in [0.4, 0.5) is 0 Å². The predicted octanol–water partition coefficient (Wildman–Crippen LogP) is 3.25. The minimum absolute atomic E-state index is 0.141. The second-order valence-electron chi connectivity index (χ2n) is 4.01. The van der Waals surface area contributed by atoms with Crippen molar-refractivity contribution in [2.45, 2.75) is 6.92 Å². The van der Waals surface area contributed by atoms with Crippen molar-refractivity contribution in [3.05, 3.63) is 52.5 Å². The summed E-state index contributed by atoms with van der Waals surface area (Å²) in [7, 11) is 0. The molecule has 5 heteroatoms. The molecule has 0 aromatic heterocycles. The highest BCUT2D eigenvalue weighted by atomic mass is 35.5. The standard InChI is InChI=1S/C14H12ClNO3/c1-8-11(17)3-2-4-12(8)19-13-6-5-9(14(16)18)7-10(13)15/h2-7,17H,1H3,(H2,16,18). The van der Waals surface area contributed by atoms with Crippen LogP contribution in [-0.4, -0.2) is 11.0 Å². The van der Waals surface area contributed by atoms with Crippen LogP contribution < -0.4 is 10.5 Å². The van der Waals surface area contributed by atoms with Crippen LogP contribution in [0.2, 0.25) is 5.02 Å². The molecular weight excluding hydrogens is 266 g/mol. The highest BCUT2D eigenvalue weighted by Gasteiger charge is 2.10. The van der Waals surface area contributed by atoms with E-state index in [9.17, 15) is 9.90 Å². The third kappa shape index (κ3) is 2.80. The number of phenolic OH excluding ortho intramolecular Hbond substituents is 1. The van der Waals surface area contributed by atoms with Gasteiger partial charge in [-0.25, -0.2) is 0 Å². The Morgan fingerprint density at radius 2 is 2.00 bits per heavy atom. The molecule has 0 unspecified atom stereocenters. The average Bonchev–Trinajstić information content (AvgIpc) is 2.37. The van der Waals surface area contributed by atoms with Crippen molar-refractivity contribution in [1.29, 1.82) is 0 Å². The van der Waals surface area contributed by atoms with Crippen molar-refractivity contribution < 1.29 is 14.6 Å². The summed E-state index contributed by atoms with van der Waals surface area (Å²) in [6.45, 7) is 1.73. The van der Waals surface area contributed by atoms with Crippen LogP contribution in [-0.2, 0) is 0 Å². The van der Waals surface area contributed by atoms with Crippen molar-refractivity contribution in [2.75, 3.05) is 0 Å². The number of nitrogens with two attached hydrogens (primary N) is 1. The third-order valence-electron chi connectivity index (χ3n) is 2.69. The van der Waals surface area contributed by atoms with Crippen molar-refractivity contribution in [1.82, 2.24) is 0 Å². The first kappa shape index (κ1) is 13.2. The predicted molar refractivity (Wildman–Crippen MR) is 72.9 cm³/mol. The molecule has 0 radical (unpaired) electrons. The van der Waals surface area contributed by atoms with Crippen LogP contribution >= 0.6 is 11.6 Å². The minimum Gasteiger partial charge on any atom is -0.508 e. The smallest absolute Gasteiger partial charge is 0.248 e. The topological polar surface area (TPSA) is 72.6 Å². The SMILES string of the molecule is Cc1c(O)cccc1Oc1ccc(C(N)=O)cc1Cl. The first-order chi connectivity index (χ1) is 8.99. The summed E-state index contributed by atoms with van der Waals surface area (Å²) < 4.78 is 5.61. The van der Waals surface area contributed by atoms with Gasteiger partial charge < -0.3 is 15.6 Å². The fourth-order valence-electron chi connectivity index (χ4n) is 1.57. The van der Waals surface area contributed by atoms with Crippen LogP contribution in [0.15, 0.2) is 36.4 Å². The van der Waals surface area contributed by atoms with Crippen LogP contribution in [0.3, 0.4) is 0 Å². The molecule has 2 aromatic carbocycles. The highest BCUT2D eigenvalue weighted by Crippen LogP contribution is 2.34. The third-order valence-corrected chi connectivity index (χ3v) is 2.99. The van der Waals surface area contributed by atoms with Crippen molar-refractivity contribution in [3.63, 3.8) is 0 Å². The number of halogens is 1. The molecule has 0 bridgehead atoms. The Labute approximate surface area is 115 Å². The van der Waals surface area contributed by atoms with E-state index in [-0.39, 0.29) is 10.8 Å². The molecule has 98 valence electrons. The summed E-state index contributed by atoms with van der Waals surface area (Å²) >= 11 is 6.02. The van der Waals surface area contributed by atoms with E-state index < -0.39 is 5.91 Å². The summed E-state index contributed by atoms with van der Waals surface area (Å²) in [6, 6.07) is 9.49. The Balaban J connectivity index is 2.34. The van der Waals surface area contributed by atoms with Gasteiger partial charge in [-0.2, -0.15) is 0 Å². The molecule has 0 aliphatic heterocycles. The van der Waals surface area contributed by atoms with E-state index in [1.807, 2.05) is 0 Å². The zero-order valence-electron chi connectivity index (χ0n) is 10.2. The van der Waals surface area contributed by atoms with Gasteiger partial charge in [-0.15, -0.1) is 0 Å². The van der Waals surface area contributed by atoms with E-state index in [0.717, 1.165) is 0 Å². The molecular formula is C14H12ClNO3. The molecule has 0 heterocycles. The highest BCUT2D eigenvalue weighted by molar-refractivity contribution is 6.32. The van der Waals surface area contributed by atoms with Crippen LogP contribution in [0.25, 0.3) is 0 Å². The zero-order valence-corrected chi connectivity index (χ0v) is 10.9. The van der Waals surface area contributed by atoms with Crippen LogP contribution in [0.1, 0.15) is 15.9 Å². The number of benzene rings is 2. The fraction of sp³-hybridized carbons (Fsp3) is 0.0714. The van der Waals surface area contributed by atoms with Gasteiger partial charge in [-0.1, -0.05) is 17.7 Å². The number of hydrogen-bond donors (Lipinski definition) is 2. The first-order valence-electron chi connectivity index (χ1n) is 5.55. The normalized spacial score (nSPS) is 10.2. The molecule has 0 saturated heterocycles. The lowest BCUT2D eigenvalue weighted by molar-refractivity contribution is 0.100. The van der Waals surface area contributed by atoms with Gasteiger partial charge in [0.1, 0.15) is 17.2 Å². The zero-order chi connectivity index (χ0) is 14.0. The van der Waals surface area contributed by atoms with Gasteiger partial charge in [-0.3, -0.25) is 4.79 Å². The summed E-state index contributed by atoms with van der Waals surface area (Å²) in [5.41, 5.74) is 6.08. The number of rotatable bonds is 3. The maximum absolute atomic E-state index is 11.0. The molecule has 0 spiro atoms. The van der Waals surface area contributed by atoms with E-state index in [2.05, 4.69) is 0 Å². The van der Waals surface area contributed by atoms with E-state index in [0.29, 0.717) is 22.6 Å². The fourth-order valence-corrected chi connectivity index (χ4v) is 1.79. The molecule has 1 amide bonds. The second-order valence-corrected chi connectivity index (χ2v) is 4.42. The van der Waals surface area contributed by atoms with Crippen molar-refractivity contribution >= 4 is 17.5 Å². The van der Waals surface area contributed by atoms with Gasteiger partial charge in [0.25, 0.3) is 0 Å². The molecule has 2 aromatic rings. The number of carbonyl (C=O) groups is 1. The molecule has 0 aliphatic rings. The molecule has 4 nitrogen and oxygen atoms in total. The molecule has 19 heavy (non-hydrogen) atoms. The summed E-state index contributed by atoms with van der Waals surface area (Å²) in [5.74, 6) is 0.471. The maximum atomic E-state index is 11.0. The molecule has 0 aliphatic carbocycles. The lowest BCUT2D eigenvalue weighted by atomic mass is 10.2. The number of amides is 1.